The maximum Gasteiger partial charge on any atom is 0.177 e. The molecule has 2 nitrogen and oxygen atoms in total. The summed E-state index contributed by atoms with van der Waals surface area (Å²) in [6.45, 7) is 0. The fraction of sp³-hybridized carbons (Fsp3) is 0. The number of fused-ring (bicyclic) bond motifs is 5. The van der Waals surface area contributed by atoms with Crippen LogP contribution in [-0.2, 0) is 0 Å². The van der Waals surface area contributed by atoms with Crippen LogP contribution in [-0.4, -0.2) is 0 Å². The first-order valence-electron chi connectivity index (χ1n) is 12.9. The molecule has 0 saturated carbocycles. The quantitative estimate of drug-likeness (QED) is 0.226. The molecule has 2 heteroatoms. The molecule has 1 heterocycles. The minimum atomic E-state index is 0.727. The number of hydrogen-bond acceptors (Lipinski definition) is 2. The average molecular weight is 487 g/mol. The Morgan fingerprint density at radius 1 is 0.368 bits per heavy atom. The first-order valence-corrected chi connectivity index (χ1v) is 12.9. The molecule has 0 fully saturated rings. The highest BCUT2D eigenvalue weighted by atomic mass is 16.6. The molecular weight excluding hydrogens is 464 g/mol. The molecule has 7 aromatic carbocycles. The van der Waals surface area contributed by atoms with E-state index in [9.17, 15) is 0 Å². The fourth-order valence-corrected chi connectivity index (χ4v) is 5.82. The third kappa shape index (κ3) is 3.14. The maximum absolute atomic E-state index is 6.66. The maximum atomic E-state index is 6.66. The Hall–Kier alpha value is -5.08. The molecule has 0 unspecified atom stereocenters. The van der Waals surface area contributed by atoms with Crippen molar-refractivity contribution >= 4 is 32.3 Å². The summed E-state index contributed by atoms with van der Waals surface area (Å²) in [7, 11) is 0. The summed E-state index contributed by atoms with van der Waals surface area (Å²) in [5, 5.41) is 7.06. The van der Waals surface area contributed by atoms with Crippen LogP contribution < -0.4 is 9.47 Å². The molecule has 0 spiro atoms. The van der Waals surface area contributed by atoms with Crippen molar-refractivity contribution in [2.75, 3.05) is 0 Å². The van der Waals surface area contributed by atoms with E-state index in [1.807, 2.05) is 18.2 Å². The van der Waals surface area contributed by atoms with E-state index in [0.29, 0.717) is 0 Å². The molecule has 0 atom stereocenters. The lowest BCUT2D eigenvalue weighted by Gasteiger charge is -2.25. The molecular formula is C36H22O2. The minimum Gasteiger partial charge on any atom is -0.449 e. The third-order valence-corrected chi connectivity index (χ3v) is 7.49. The normalized spacial score (nSPS) is 12.1. The van der Waals surface area contributed by atoms with E-state index in [0.717, 1.165) is 44.9 Å². The van der Waals surface area contributed by atoms with Crippen LogP contribution in [0, 0.1) is 0 Å². The van der Waals surface area contributed by atoms with Crippen molar-refractivity contribution in [1.29, 1.82) is 0 Å². The highest BCUT2D eigenvalue weighted by molar-refractivity contribution is 6.22. The topological polar surface area (TPSA) is 18.5 Å². The highest BCUT2D eigenvalue weighted by Gasteiger charge is 2.25. The van der Waals surface area contributed by atoms with Gasteiger partial charge in [0.15, 0.2) is 23.0 Å². The Kier molecular flexibility index (Phi) is 4.55. The van der Waals surface area contributed by atoms with Gasteiger partial charge in [0.1, 0.15) is 0 Å². The highest BCUT2D eigenvalue weighted by Crippen LogP contribution is 2.53. The molecule has 0 radical (unpaired) electrons. The van der Waals surface area contributed by atoms with Gasteiger partial charge in [0, 0.05) is 11.1 Å². The van der Waals surface area contributed by atoms with Crippen LogP contribution in [0.4, 0.5) is 0 Å². The van der Waals surface area contributed by atoms with Gasteiger partial charge in [0.05, 0.1) is 0 Å². The molecule has 1 aliphatic rings. The van der Waals surface area contributed by atoms with Gasteiger partial charge in [0.2, 0.25) is 0 Å². The second-order valence-corrected chi connectivity index (χ2v) is 9.69. The monoisotopic (exact) mass is 486 g/mol. The molecule has 0 saturated heterocycles. The van der Waals surface area contributed by atoms with Gasteiger partial charge in [0.25, 0.3) is 0 Å². The Labute approximate surface area is 220 Å². The van der Waals surface area contributed by atoms with E-state index < -0.39 is 0 Å². The van der Waals surface area contributed by atoms with Crippen molar-refractivity contribution in [3.05, 3.63) is 133 Å². The molecule has 0 aliphatic carbocycles. The SMILES string of the molecule is c1ccc(-c2c3ccccc3c(-c3cccc4c3Oc3cc5ccccc5cc3O4)c3ccccc23)cc1. The summed E-state index contributed by atoms with van der Waals surface area (Å²) in [5.74, 6) is 2.95. The Morgan fingerprint density at radius 2 is 0.895 bits per heavy atom. The fourth-order valence-electron chi connectivity index (χ4n) is 5.82. The van der Waals surface area contributed by atoms with Crippen LogP contribution in [0.5, 0.6) is 23.0 Å². The summed E-state index contributed by atoms with van der Waals surface area (Å²) in [6, 6.07) is 46.6. The minimum absolute atomic E-state index is 0.727. The number of ether oxygens (including phenoxy) is 2. The molecule has 0 N–H and O–H groups in total. The van der Waals surface area contributed by atoms with Crippen molar-refractivity contribution in [2.45, 2.75) is 0 Å². The number of rotatable bonds is 2. The van der Waals surface area contributed by atoms with Gasteiger partial charge in [-0.3, -0.25) is 0 Å². The molecule has 8 rings (SSSR count). The van der Waals surface area contributed by atoms with Crippen molar-refractivity contribution in [1.82, 2.24) is 0 Å². The Balaban J connectivity index is 1.42. The standard InChI is InChI=1S/C36H22O2/c1-2-11-23(12-3-1)34-26-15-6-8-17-28(26)35(29-18-9-7-16-27(29)34)30-19-10-20-31-36(30)38-33-22-25-14-5-4-13-24(25)21-32(33)37-31/h1-22H. The molecule has 0 aromatic heterocycles. The van der Waals surface area contributed by atoms with Crippen molar-refractivity contribution in [3.8, 4) is 45.3 Å². The van der Waals surface area contributed by atoms with E-state index in [1.54, 1.807) is 0 Å². The van der Waals surface area contributed by atoms with Gasteiger partial charge in [-0.25, -0.2) is 0 Å². The second kappa shape index (κ2) is 8.22. The van der Waals surface area contributed by atoms with Crippen LogP contribution in [0.1, 0.15) is 0 Å². The molecule has 7 aromatic rings. The van der Waals surface area contributed by atoms with Crippen molar-refractivity contribution < 1.29 is 9.47 Å². The lowest BCUT2D eigenvalue weighted by molar-refractivity contribution is 0.361. The van der Waals surface area contributed by atoms with E-state index in [1.165, 1.54) is 32.7 Å². The Bertz CT molecular complexity index is 1970. The zero-order chi connectivity index (χ0) is 25.1. The number of hydrogen-bond donors (Lipinski definition) is 0. The second-order valence-electron chi connectivity index (χ2n) is 9.69. The van der Waals surface area contributed by atoms with E-state index in [4.69, 9.17) is 9.47 Å². The number of benzene rings is 7. The van der Waals surface area contributed by atoms with Gasteiger partial charge in [-0.1, -0.05) is 115 Å². The molecule has 0 amide bonds. The van der Waals surface area contributed by atoms with Crippen molar-refractivity contribution in [3.63, 3.8) is 0 Å². The van der Waals surface area contributed by atoms with Gasteiger partial charge >= 0.3 is 0 Å². The predicted octanol–water partition coefficient (Wildman–Crippen LogP) is 10.4. The lowest BCUT2D eigenvalue weighted by Crippen LogP contribution is -2.01. The lowest BCUT2D eigenvalue weighted by atomic mass is 9.85. The smallest absolute Gasteiger partial charge is 0.177 e. The van der Waals surface area contributed by atoms with Crippen LogP contribution in [0.2, 0.25) is 0 Å². The molecule has 1 aliphatic heterocycles. The van der Waals surface area contributed by atoms with Crippen LogP contribution in [0.3, 0.4) is 0 Å². The molecule has 178 valence electrons. The van der Waals surface area contributed by atoms with Gasteiger partial charge in [-0.2, -0.15) is 0 Å². The van der Waals surface area contributed by atoms with Crippen LogP contribution in [0.15, 0.2) is 133 Å². The Morgan fingerprint density at radius 3 is 1.53 bits per heavy atom. The summed E-state index contributed by atoms with van der Waals surface area (Å²) in [4.78, 5) is 0. The third-order valence-electron chi connectivity index (χ3n) is 7.49. The summed E-state index contributed by atoms with van der Waals surface area (Å²) < 4.78 is 13.1. The van der Waals surface area contributed by atoms with Gasteiger partial charge in [-0.15, -0.1) is 0 Å². The predicted molar refractivity (Wildman–Crippen MR) is 156 cm³/mol. The van der Waals surface area contributed by atoms with E-state index in [2.05, 4.69) is 115 Å². The molecule has 0 bridgehead atoms. The number of para-hydroxylation sites is 1. The van der Waals surface area contributed by atoms with Crippen LogP contribution >= 0.6 is 0 Å². The summed E-state index contributed by atoms with van der Waals surface area (Å²) >= 11 is 0. The summed E-state index contributed by atoms with van der Waals surface area (Å²) in [6.07, 6.45) is 0. The average Bonchev–Trinajstić information content (AvgIpc) is 2.98. The van der Waals surface area contributed by atoms with Crippen molar-refractivity contribution in [2.24, 2.45) is 0 Å². The zero-order valence-electron chi connectivity index (χ0n) is 20.5. The van der Waals surface area contributed by atoms with Crippen LogP contribution in [0.25, 0.3) is 54.6 Å². The van der Waals surface area contributed by atoms with E-state index >= 15 is 0 Å². The molecule has 38 heavy (non-hydrogen) atoms. The zero-order valence-corrected chi connectivity index (χ0v) is 20.5. The van der Waals surface area contributed by atoms with E-state index in [-0.39, 0.29) is 0 Å². The van der Waals surface area contributed by atoms with Gasteiger partial charge in [-0.05, 0) is 61.6 Å². The largest absolute Gasteiger partial charge is 0.449 e. The first kappa shape index (κ1) is 21.0. The summed E-state index contributed by atoms with van der Waals surface area (Å²) in [5.41, 5.74) is 4.63. The first-order chi connectivity index (χ1) is 18.8. The van der Waals surface area contributed by atoms with Gasteiger partial charge < -0.3 is 9.47 Å².